The molecule has 174 valence electrons. The molecule has 1 aliphatic carbocycles. The van der Waals surface area contributed by atoms with Crippen molar-refractivity contribution in [2.24, 2.45) is 5.92 Å². The van der Waals surface area contributed by atoms with Crippen molar-refractivity contribution in [1.82, 2.24) is 4.90 Å². The van der Waals surface area contributed by atoms with Crippen molar-refractivity contribution in [1.29, 1.82) is 0 Å². The molecule has 2 heterocycles. The monoisotopic (exact) mass is 451 g/mol. The van der Waals surface area contributed by atoms with Crippen LogP contribution in [0.15, 0.2) is 39.5 Å². The molecule has 7 heteroatoms. The predicted molar refractivity (Wildman–Crippen MR) is 125 cm³/mol. The smallest absolute Gasteiger partial charge is 0.344 e. The molecule has 1 aromatic heterocycles. The molecular weight excluding hydrogens is 422 g/mol. The number of methoxy groups -OCH3 is 1. The van der Waals surface area contributed by atoms with Gasteiger partial charge in [-0.15, -0.1) is 0 Å². The SMILES string of the molecule is COc1ccc2c(c1)c(=O)oc1c(C)c(OCC(=O)N3CC[C@]4(O)CCCC[C@@H]4C3)ccc12. The summed E-state index contributed by atoms with van der Waals surface area (Å²) >= 11 is 0. The Morgan fingerprint density at radius 3 is 2.82 bits per heavy atom. The van der Waals surface area contributed by atoms with E-state index >= 15 is 0 Å². The fourth-order valence-electron chi connectivity index (χ4n) is 5.40. The minimum atomic E-state index is -0.616. The van der Waals surface area contributed by atoms with Crippen molar-refractivity contribution in [2.75, 3.05) is 26.8 Å². The molecule has 2 aromatic carbocycles. The van der Waals surface area contributed by atoms with Gasteiger partial charge in [-0.25, -0.2) is 4.79 Å². The lowest BCUT2D eigenvalue weighted by atomic mass is 9.71. The highest BCUT2D eigenvalue weighted by Gasteiger charge is 2.43. The highest BCUT2D eigenvalue weighted by atomic mass is 16.5. The van der Waals surface area contributed by atoms with Gasteiger partial charge in [0.2, 0.25) is 0 Å². The fraction of sp³-hybridized carbons (Fsp3) is 0.462. The lowest BCUT2D eigenvalue weighted by Crippen LogP contribution is -2.55. The van der Waals surface area contributed by atoms with E-state index in [0.717, 1.165) is 36.5 Å². The third-order valence-electron chi connectivity index (χ3n) is 7.42. The molecule has 33 heavy (non-hydrogen) atoms. The zero-order chi connectivity index (χ0) is 23.2. The second-order valence-corrected chi connectivity index (χ2v) is 9.29. The third-order valence-corrected chi connectivity index (χ3v) is 7.42. The first-order chi connectivity index (χ1) is 15.9. The van der Waals surface area contributed by atoms with E-state index in [9.17, 15) is 14.7 Å². The number of carbonyl (C=O) groups excluding carboxylic acids is 1. The van der Waals surface area contributed by atoms with Crippen LogP contribution in [-0.4, -0.2) is 48.3 Å². The summed E-state index contributed by atoms with van der Waals surface area (Å²) in [5, 5.41) is 12.9. The Balaban J connectivity index is 1.35. The number of aliphatic hydroxyl groups is 1. The van der Waals surface area contributed by atoms with Gasteiger partial charge in [-0.05, 0) is 56.5 Å². The Bertz CT molecular complexity index is 1280. The maximum Gasteiger partial charge on any atom is 0.344 e. The van der Waals surface area contributed by atoms with Crippen molar-refractivity contribution < 1.29 is 23.8 Å². The van der Waals surface area contributed by atoms with Crippen LogP contribution in [0.4, 0.5) is 0 Å². The van der Waals surface area contributed by atoms with Crippen LogP contribution in [0.2, 0.25) is 0 Å². The van der Waals surface area contributed by atoms with Crippen molar-refractivity contribution >= 4 is 27.6 Å². The van der Waals surface area contributed by atoms with Crippen LogP contribution in [0.5, 0.6) is 11.5 Å². The number of hydrogen-bond donors (Lipinski definition) is 1. The molecular formula is C26H29NO6. The molecule has 0 bridgehead atoms. The average molecular weight is 452 g/mol. The van der Waals surface area contributed by atoms with Crippen molar-refractivity contribution in [3.05, 3.63) is 46.3 Å². The number of likely N-dealkylation sites (tertiary alicyclic amines) is 1. The molecule has 1 N–H and O–H groups in total. The predicted octanol–water partition coefficient (Wildman–Crippen LogP) is 3.80. The number of ether oxygens (including phenoxy) is 2. The quantitative estimate of drug-likeness (QED) is 0.480. The molecule has 0 radical (unpaired) electrons. The van der Waals surface area contributed by atoms with Gasteiger partial charge in [0.1, 0.15) is 17.1 Å². The summed E-state index contributed by atoms with van der Waals surface area (Å²) in [4.78, 5) is 27.2. The van der Waals surface area contributed by atoms with E-state index in [1.54, 1.807) is 13.2 Å². The number of piperidine rings is 1. The van der Waals surface area contributed by atoms with Crippen molar-refractivity contribution in [2.45, 2.75) is 44.6 Å². The van der Waals surface area contributed by atoms with Gasteiger partial charge in [0.15, 0.2) is 6.61 Å². The highest BCUT2D eigenvalue weighted by Crippen LogP contribution is 2.40. The summed E-state index contributed by atoms with van der Waals surface area (Å²) in [5.74, 6) is 1.16. The highest BCUT2D eigenvalue weighted by molar-refractivity contribution is 6.06. The first kappa shape index (κ1) is 21.8. The summed E-state index contributed by atoms with van der Waals surface area (Å²) in [6.45, 7) is 2.87. The molecule has 7 nitrogen and oxygen atoms in total. The summed E-state index contributed by atoms with van der Waals surface area (Å²) in [6.07, 6.45) is 4.59. The van der Waals surface area contributed by atoms with Gasteiger partial charge < -0.3 is 23.9 Å². The van der Waals surface area contributed by atoms with Gasteiger partial charge in [0.25, 0.3) is 5.91 Å². The maximum absolute atomic E-state index is 12.8. The summed E-state index contributed by atoms with van der Waals surface area (Å²) in [5.41, 5.74) is 0.0686. The standard InChI is InChI=1S/C26H29NO6/c1-16-22(32-15-23(28)27-12-11-26(30)10-4-3-5-17(26)14-27)9-8-20-19-7-6-18(31-2)13-21(19)25(29)33-24(16)20/h6-9,13,17,30H,3-5,10-12,14-15H2,1-2H3/t17-,26-/m1/s1. The topological polar surface area (TPSA) is 89.2 Å². The van der Waals surface area contributed by atoms with Gasteiger partial charge in [-0.2, -0.15) is 0 Å². The minimum absolute atomic E-state index is 0.0887. The number of aryl methyl sites for hydroxylation is 1. The molecule has 5 rings (SSSR count). The number of amides is 1. The van der Waals surface area contributed by atoms with Gasteiger partial charge in [-0.3, -0.25) is 4.79 Å². The zero-order valence-electron chi connectivity index (χ0n) is 19.1. The molecule has 1 aliphatic heterocycles. The molecule has 1 amide bonds. The van der Waals surface area contributed by atoms with Crippen molar-refractivity contribution in [3.8, 4) is 11.5 Å². The van der Waals surface area contributed by atoms with Crippen LogP contribution in [0.3, 0.4) is 0 Å². The summed E-state index contributed by atoms with van der Waals surface area (Å²) in [7, 11) is 1.55. The van der Waals surface area contributed by atoms with Crippen LogP contribution >= 0.6 is 0 Å². The normalized spacial score (nSPS) is 22.9. The van der Waals surface area contributed by atoms with Crippen molar-refractivity contribution in [3.63, 3.8) is 0 Å². The van der Waals surface area contributed by atoms with Gasteiger partial charge >= 0.3 is 5.63 Å². The minimum Gasteiger partial charge on any atom is -0.497 e. The summed E-state index contributed by atoms with van der Waals surface area (Å²) in [6, 6.07) is 8.99. The molecule has 1 saturated carbocycles. The van der Waals surface area contributed by atoms with E-state index in [4.69, 9.17) is 13.9 Å². The third kappa shape index (κ3) is 3.84. The number of benzene rings is 2. The number of nitrogens with zero attached hydrogens (tertiary/aromatic N) is 1. The van der Waals surface area contributed by atoms with Crippen LogP contribution in [-0.2, 0) is 4.79 Å². The van der Waals surface area contributed by atoms with Gasteiger partial charge in [0, 0.05) is 35.3 Å². The van der Waals surface area contributed by atoms with E-state index < -0.39 is 11.2 Å². The Morgan fingerprint density at radius 2 is 2.00 bits per heavy atom. The Kier molecular flexibility index (Phi) is 5.52. The maximum atomic E-state index is 12.8. The largest absolute Gasteiger partial charge is 0.497 e. The van der Waals surface area contributed by atoms with Gasteiger partial charge in [0.05, 0.1) is 18.1 Å². The molecule has 1 saturated heterocycles. The van der Waals surface area contributed by atoms with Crippen LogP contribution in [0.1, 0.15) is 37.7 Å². The first-order valence-corrected chi connectivity index (χ1v) is 11.6. The Hall–Kier alpha value is -3.06. The van der Waals surface area contributed by atoms with Crippen LogP contribution < -0.4 is 15.1 Å². The molecule has 2 atom stereocenters. The molecule has 0 unspecified atom stereocenters. The fourth-order valence-corrected chi connectivity index (χ4v) is 5.40. The van der Waals surface area contributed by atoms with E-state index in [2.05, 4.69) is 0 Å². The second kappa shape index (κ2) is 8.37. The van der Waals surface area contributed by atoms with Crippen LogP contribution in [0.25, 0.3) is 21.7 Å². The Morgan fingerprint density at radius 1 is 1.18 bits per heavy atom. The zero-order valence-corrected chi connectivity index (χ0v) is 19.1. The molecule has 2 aliphatic rings. The number of rotatable bonds is 4. The number of carbonyl (C=O) groups is 1. The lowest BCUT2D eigenvalue weighted by Gasteiger charge is -2.47. The molecule has 3 aromatic rings. The second-order valence-electron chi connectivity index (χ2n) is 9.29. The van der Waals surface area contributed by atoms with Gasteiger partial charge in [-0.1, -0.05) is 12.8 Å². The van der Waals surface area contributed by atoms with E-state index in [1.165, 1.54) is 0 Å². The number of hydrogen-bond acceptors (Lipinski definition) is 6. The Labute approximate surface area is 191 Å². The molecule has 0 spiro atoms. The number of fused-ring (bicyclic) bond motifs is 4. The van der Waals surface area contributed by atoms with E-state index in [-0.39, 0.29) is 18.4 Å². The molecule has 2 fully saturated rings. The van der Waals surface area contributed by atoms with E-state index in [0.29, 0.717) is 47.5 Å². The first-order valence-electron chi connectivity index (χ1n) is 11.6. The van der Waals surface area contributed by atoms with E-state index in [1.807, 2.05) is 36.1 Å². The lowest BCUT2D eigenvalue weighted by molar-refractivity contribution is -0.145. The summed E-state index contributed by atoms with van der Waals surface area (Å²) < 4.78 is 16.7. The van der Waals surface area contributed by atoms with Crippen LogP contribution in [0, 0.1) is 12.8 Å². The average Bonchev–Trinajstić information content (AvgIpc) is 2.83.